The highest BCUT2D eigenvalue weighted by Gasteiger charge is 2.42. The number of fused-ring (bicyclic) bond motifs is 3. The lowest BCUT2D eigenvalue weighted by molar-refractivity contribution is 0.226. The largest absolute Gasteiger partial charge is 0.337 e. The lowest BCUT2D eigenvalue weighted by atomic mass is 10.1. The summed E-state index contributed by atoms with van der Waals surface area (Å²) in [6.45, 7) is 3.26. The lowest BCUT2D eigenvalue weighted by Gasteiger charge is -2.32. The number of amidine groups is 1. The van der Waals surface area contributed by atoms with Gasteiger partial charge in [-0.3, -0.25) is 14.8 Å². The molecular weight excluding hydrogens is 457 g/mol. The quantitative estimate of drug-likeness (QED) is 0.583. The number of aliphatic imine (C=N–C) groups is 1. The van der Waals surface area contributed by atoms with E-state index in [0.717, 1.165) is 42.2 Å². The standard InChI is InChI=1S/C22H25Cl2N5O.ClH/c1-2-9-28-21-18(26-19(27-21)13-5-3-4-6-13)20-25-16(12-29(20)22(28)30)11-14-10-15(23)7-8-17(14)24;/h7-8,10,13,16H,2-6,9,11-12H2,1H3,(H,26,27);1H. The van der Waals surface area contributed by atoms with Gasteiger partial charge in [-0.15, -0.1) is 12.4 Å². The van der Waals surface area contributed by atoms with E-state index in [1.165, 1.54) is 12.8 Å². The van der Waals surface area contributed by atoms with E-state index >= 15 is 0 Å². The minimum Gasteiger partial charge on any atom is -0.337 e. The summed E-state index contributed by atoms with van der Waals surface area (Å²) in [7, 11) is 0. The van der Waals surface area contributed by atoms with Crippen molar-refractivity contribution in [2.45, 2.75) is 57.4 Å². The van der Waals surface area contributed by atoms with E-state index in [9.17, 15) is 4.79 Å². The first-order valence-corrected chi connectivity index (χ1v) is 11.5. The van der Waals surface area contributed by atoms with Crippen molar-refractivity contribution in [1.82, 2.24) is 14.9 Å². The molecule has 3 heterocycles. The number of aromatic amines is 1. The zero-order valence-electron chi connectivity index (χ0n) is 17.4. The number of benzene rings is 1. The summed E-state index contributed by atoms with van der Waals surface area (Å²) < 4.78 is 0. The van der Waals surface area contributed by atoms with Crippen LogP contribution in [0.1, 0.15) is 62.0 Å². The molecule has 1 atom stereocenters. The summed E-state index contributed by atoms with van der Waals surface area (Å²) in [5, 5.41) is 1.33. The highest BCUT2D eigenvalue weighted by Crippen LogP contribution is 2.37. The predicted molar refractivity (Wildman–Crippen MR) is 127 cm³/mol. The molecule has 1 aromatic carbocycles. The second-order valence-electron chi connectivity index (χ2n) is 8.39. The number of imidazole rings is 1. The Kier molecular flexibility index (Phi) is 6.52. The van der Waals surface area contributed by atoms with Crippen molar-refractivity contribution in [2.24, 2.45) is 4.99 Å². The molecule has 0 spiro atoms. The molecular formula is C22H26Cl3N5O. The Morgan fingerprint density at radius 1 is 1.23 bits per heavy atom. The first-order valence-electron chi connectivity index (χ1n) is 10.8. The van der Waals surface area contributed by atoms with E-state index in [2.05, 4.69) is 11.9 Å². The van der Waals surface area contributed by atoms with E-state index in [0.29, 0.717) is 41.3 Å². The maximum absolute atomic E-state index is 13.3. The van der Waals surface area contributed by atoms with Crippen LogP contribution in [0.25, 0.3) is 0 Å². The van der Waals surface area contributed by atoms with Crippen LogP contribution in [-0.2, 0) is 6.42 Å². The number of hydrogen-bond donors (Lipinski definition) is 1. The lowest BCUT2D eigenvalue weighted by Crippen LogP contribution is -2.50. The molecule has 5 rings (SSSR count). The van der Waals surface area contributed by atoms with Gasteiger partial charge < -0.3 is 4.98 Å². The molecule has 9 heteroatoms. The molecule has 2 aromatic rings. The molecule has 1 N–H and O–H groups in total. The number of hydrogen-bond acceptors (Lipinski definition) is 3. The zero-order chi connectivity index (χ0) is 20.8. The number of nitrogens with zero attached hydrogens (tertiary/aromatic N) is 4. The summed E-state index contributed by atoms with van der Waals surface area (Å²) in [6, 6.07) is 5.38. The van der Waals surface area contributed by atoms with E-state index in [1.54, 1.807) is 15.9 Å². The van der Waals surface area contributed by atoms with Crippen LogP contribution in [0.3, 0.4) is 0 Å². The van der Waals surface area contributed by atoms with E-state index in [1.807, 2.05) is 12.1 Å². The number of urea groups is 1. The Morgan fingerprint density at radius 2 is 2.00 bits per heavy atom. The Hall–Kier alpha value is -1.76. The van der Waals surface area contributed by atoms with E-state index < -0.39 is 0 Å². The van der Waals surface area contributed by atoms with Crippen LogP contribution in [-0.4, -0.2) is 45.9 Å². The van der Waals surface area contributed by atoms with Crippen molar-refractivity contribution in [3.05, 3.63) is 45.3 Å². The van der Waals surface area contributed by atoms with Gasteiger partial charge in [-0.2, -0.15) is 0 Å². The van der Waals surface area contributed by atoms with Crippen LogP contribution in [0, 0.1) is 0 Å². The molecule has 1 fully saturated rings. The summed E-state index contributed by atoms with van der Waals surface area (Å²) in [6.07, 6.45) is 6.30. The first kappa shape index (κ1) is 22.4. The van der Waals surface area contributed by atoms with Gasteiger partial charge in [0.25, 0.3) is 0 Å². The number of anilines is 1. The second kappa shape index (κ2) is 9.00. The topological polar surface area (TPSA) is 64.6 Å². The van der Waals surface area contributed by atoms with Gasteiger partial charge in [-0.25, -0.2) is 9.78 Å². The molecule has 1 aliphatic carbocycles. The summed E-state index contributed by atoms with van der Waals surface area (Å²) in [4.78, 5) is 30.2. The van der Waals surface area contributed by atoms with Crippen molar-refractivity contribution < 1.29 is 4.79 Å². The minimum atomic E-state index is -0.0624. The molecule has 0 saturated heterocycles. The third-order valence-corrected chi connectivity index (χ3v) is 6.85. The number of nitrogens with one attached hydrogen (secondary N) is 1. The average molecular weight is 483 g/mol. The third-order valence-electron chi connectivity index (χ3n) is 6.25. The maximum atomic E-state index is 13.3. The van der Waals surface area contributed by atoms with Gasteiger partial charge >= 0.3 is 6.03 Å². The van der Waals surface area contributed by atoms with Crippen molar-refractivity contribution in [3.63, 3.8) is 0 Å². The summed E-state index contributed by atoms with van der Waals surface area (Å²) in [5.41, 5.74) is 1.83. The number of carbonyl (C=O) groups excluding carboxylic acids is 1. The van der Waals surface area contributed by atoms with Crippen molar-refractivity contribution >= 4 is 53.3 Å². The molecule has 2 amide bonds. The van der Waals surface area contributed by atoms with Crippen LogP contribution in [0.5, 0.6) is 0 Å². The fraction of sp³-hybridized carbons (Fsp3) is 0.500. The van der Waals surface area contributed by atoms with Gasteiger partial charge in [0.05, 0.1) is 12.6 Å². The number of halogens is 3. The SMILES string of the molecule is CCCN1C(=O)N2CC(Cc3cc(Cl)ccc3Cl)N=C2c2[nH]c(C3CCCC3)nc21.Cl. The van der Waals surface area contributed by atoms with Gasteiger partial charge in [0.1, 0.15) is 11.5 Å². The smallest absolute Gasteiger partial charge is 0.331 e. The van der Waals surface area contributed by atoms with Crippen molar-refractivity contribution in [1.29, 1.82) is 0 Å². The Morgan fingerprint density at radius 3 is 2.74 bits per heavy atom. The zero-order valence-corrected chi connectivity index (χ0v) is 19.7. The molecule has 31 heavy (non-hydrogen) atoms. The number of amides is 2. The number of aromatic nitrogens is 2. The molecule has 1 unspecified atom stereocenters. The van der Waals surface area contributed by atoms with Crippen molar-refractivity contribution in [2.75, 3.05) is 18.0 Å². The Labute approximate surface area is 198 Å². The number of H-pyrrole nitrogens is 1. The minimum absolute atomic E-state index is 0. The summed E-state index contributed by atoms with van der Waals surface area (Å²) >= 11 is 12.5. The number of rotatable bonds is 5. The first-order chi connectivity index (χ1) is 14.5. The summed E-state index contributed by atoms with van der Waals surface area (Å²) in [5.74, 6) is 2.89. The molecule has 1 saturated carbocycles. The Balaban J connectivity index is 0.00000231. The molecule has 2 aliphatic heterocycles. The molecule has 166 valence electrons. The second-order valence-corrected chi connectivity index (χ2v) is 9.24. The molecule has 0 bridgehead atoms. The fourth-order valence-electron chi connectivity index (χ4n) is 4.80. The molecule has 1 aromatic heterocycles. The average Bonchev–Trinajstić information content (AvgIpc) is 3.46. The van der Waals surface area contributed by atoms with Crippen LogP contribution in [0.15, 0.2) is 23.2 Å². The van der Waals surface area contributed by atoms with Gasteiger partial charge in [0, 0.05) is 22.5 Å². The van der Waals surface area contributed by atoms with Gasteiger partial charge in [0.15, 0.2) is 11.7 Å². The maximum Gasteiger partial charge on any atom is 0.331 e. The Bertz CT molecular complexity index is 1010. The van der Waals surface area contributed by atoms with Gasteiger partial charge in [-0.05, 0) is 49.4 Å². The number of carbonyl (C=O) groups is 1. The van der Waals surface area contributed by atoms with Gasteiger partial charge in [0.2, 0.25) is 0 Å². The van der Waals surface area contributed by atoms with Crippen LogP contribution >= 0.6 is 35.6 Å². The normalized spacial score (nSPS) is 20.5. The highest BCUT2D eigenvalue weighted by molar-refractivity contribution is 6.33. The van der Waals surface area contributed by atoms with E-state index in [4.69, 9.17) is 33.2 Å². The van der Waals surface area contributed by atoms with Crippen molar-refractivity contribution in [3.8, 4) is 0 Å². The van der Waals surface area contributed by atoms with Crippen LogP contribution in [0.4, 0.5) is 10.6 Å². The third kappa shape index (κ3) is 4.06. The monoisotopic (exact) mass is 481 g/mol. The van der Waals surface area contributed by atoms with Gasteiger partial charge in [-0.1, -0.05) is 43.0 Å². The molecule has 0 radical (unpaired) electrons. The van der Waals surface area contributed by atoms with E-state index in [-0.39, 0.29) is 24.5 Å². The molecule has 3 aliphatic rings. The van der Waals surface area contributed by atoms with Crippen LogP contribution in [0.2, 0.25) is 10.0 Å². The molecule has 6 nitrogen and oxygen atoms in total. The fourth-order valence-corrected chi connectivity index (χ4v) is 5.19. The predicted octanol–water partition coefficient (Wildman–Crippen LogP) is 5.82. The van der Waals surface area contributed by atoms with Crippen LogP contribution < -0.4 is 4.90 Å². The highest BCUT2D eigenvalue weighted by atomic mass is 35.5.